The minimum atomic E-state index is -0.397. The molecule has 0 saturated heterocycles. The molecule has 3 N–H and O–H groups in total. The molecule has 0 aromatic carbocycles. The van der Waals surface area contributed by atoms with E-state index in [1.807, 2.05) is 12.1 Å². The second-order valence-electron chi connectivity index (χ2n) is 5.58. The van der Waals surface area contributed by atoms with Crippen LogP contribution in [0.3, 0.4) is 0 Å². The van der Waals surface area contributed by atoms with Crippen LogP contribution in [0.5, 0.6) is 0 Å². The van der Waals surface area contributed by atoms with Gasteiger partial charge in [-0.2, -0.15) is 0 Å². The van der Waals surface area contributed by atoms with Crippen molar-refractivity contribution in [3.8, 4) is 0 Å². The summed E-state index contributed by atoms with van der Waals surface area (Å²) in [6.07, 6.45) is 2.37. The molecule has 1 amide bonds. The minimum absolute atomic E-state index is 0. The summed E-state index contributed by atoms with van der Waals surface area (Å²) in [5.41, 5.74) is 8.02. The van der Waals surface area contributed by atoms with Gasteiger partial charge in [0.05, 0.1) is 23.1 Å². The second-order valence-corrected chi connectivity index (χ2v) is 5.58. The molecule has 1 unspecified atom stereocenters. The van der Waals surface area contributed by atoms with Crippen molar-refractivity contribution in [1.29, 1.82) is 0 Å². The fourth-order valence-electron chi connectivity index (χ4n) is 2.17. The first-order chi connectivity index (χ1) is 9.52. The summed E-state index contributed by atoms with van der Waals surface area (Å²) < 4.78 is 0. The van der Waals surface area contributed by atoms with Gasteiger partial charge in [0.25, 0.3) is 5.91 Å². The highest BCUT2D eigenvalue weighted by Crippen LogP contribution is 2.40. The van der Waals surface area contributed by atoms with Gasteiger partial charge in [0.15, 0.2) is 0 Å². The fourth-order valence-corrected chi connectivity index (χ4v) is 2.17. The standard InChI is InChI=1S/C15H23N3O2.ClH/c1-10(19)7-8-18(2)15(20)13-6-5-12(9-16)17-14(13)11-3-4-11;/h5-6,10-11,19H,3-4,7-9,16H2,1-2H3;1H. The molecule has 1 saturated carbocycles. The molecule has 0 bridgehead atoms. The van der Waals surface area contributed by atoms with E-state index in [4.69, 9.17) is 5.73 Å². The highest BCUT2D eigenvalue weighted by molar-refractivity contribution is 5.95. The van der Waals surface area contributed by atoms with E-state index < -0.39 is 6.10 Å². The number of aliphatic hydroxyl groups excluding tert-OH is 1. The number of nitrogens with two attached hydrogens (primary N) is 1. The van der Waals surface area contributed by atoms with E-state index in [1.165, 1.54) is 0 Å². The average Bonchev–Trinajstić information content (AvgIpc) is 3.27. The van der Waals surface area contributed by atoms with Crippen molar-refractivity contribution in [1.82, 2.24) is 9.88 Å². The zero-order valence-corrected chi connectivity index (χ0v) is 13.4. The zero-order chi connectivity index (χ0) is 14.7. The van der Waals surface area contributed by atoms with Gasteiger partial charge in [-0.25, -0.2) is 0 Å². The molecule has 5 nitrogen and oxygen atoms in total. The summed E-state index contributed by atoms with van der Waals surface area (Å²) in [6.45, 7) is 2.66. The van der Waals surface area contributed by atoms with Crippen molar-refractivity contribution in [2.75, 3.05) is 13.6 Å². The van der Waals surface area contributed by atoms with Gasteiger partial charge < -0.3 is 15.7 Å². The number of aromatic nitrogens is 1. The van der Waals surface area contributed by atoms with Gasteiger partial charge >= 0.3 is 0 Å². The van der Waals surface area contributed by atoms with Crippen molar-refractivity contribution in [2.45, 2.75) is 44.8 Å². The van der Waals surface area contributed by atoms with E-state index in [2.05, 4.69) is 4.98 Å². The maximum absolute atomic E-state index is 12.5. The van der Waals surface area contributed by atoms with Crippen molar-refractivity contribution < 1.29 is 9.90 Å². The lowest BCUT2D eigenvalue weighted by atomic mass is 10.1. The van der Waals surface area contributed by atoms with Crippen LogP contribution < -0.4 is 5.73 Å². The number of hydrogen-bond acceptors (Lipinski definition) is 4. The van der Waals surface area contributed by atoms with Crippen LogP contribution in [0, 0.1) is 0 Å². The Morgan fingerprint density at radius 3 is 2.71 bits per heavy atom. The summed E-state index contributed by atoms with van der Waals surface area (Å²) in [7, 11) is 1.76. The summed E-state index contributed by atoms with van der Waals surface area (Å²) >= 11 is 0. The van der Waals surface area contributed by atoms with Crippen LogP contribution in [0.15, 0.2) is 12.1 Å². The predicted molar refractivity (Wildman–Crippen MR) is 84.6 cm³/mol. The van der Waals surface area contributed by atoms with Gasteiger partial charge in [-0.15, -0.1) is 12.4 Å². The molecule has 0 spiro atoms. The Morgan fingerprint density at radius 1 is 1.52 bits per heavy atom. The topological polar surface area (TPSA) is 79.5 Å². The van der Waals surface area contributed by atoms with Gasteiger partial charge in [-0.1, -0.05) is 0 Å². The maximum atomic E-state index is 12.5. The largest absolute Gasteiger partial charge is 0.393 e. The Bertz CT molecular complexity index is 490. The summed E-state index contributed by atoms with van der Waals surface area (Å²) in [5, 5.41) is 9.31. The number of aliphatic hydroxyl groups is 1. The quantitative estimate of drug-likeness (QED) is 0.837. The molecule has 2 rings (SSSR count). The highest BCUT2D eigenvalue weighted by atomic mass is 35.5. The van der Waals surface area contributed by atoms with Crippen molar-refractivity contribution in [3.05, 3.63) is 29.1 Å². The number of nitrogens with zero attached hydrogens (tertiary/aromatic N) is 2. The number of carbonyl (C=O) groups is 1. The lowest BCUT2D eigenvalue weighted by Gasteiger charge is -2.19. The molecular formula is C15H24ClN3O2. The fraction of sp³-hybridized carbons (Fsp3) is 0.600. The molecule has 1 aromatic rings. The first-order valence-corrected chi connectivity index (χ1v) is 7.16. The number of rotatable bonds is 6. The van der Waals surface area contributed by atoms with Crippen LogP contribution >= 0.6 is 12.4 Å². The van der Waals surface area contributed by atoms with E-state index in [9.17, 15) is 9.90 Å². The van der Waals surface area contributed by atoms with Crippen molar-refractivity contribution in [2.24, 2.45) is 5.73 Å². The third-order valence-corrected chi connectivity index (χ3v) is 3.61. The second kappa shape index (κ2) is 7.73. The molecule has 1 fully saturated rings. The average molecular weight is 314 g/mol. The number of halogens is 1. The summed E-state index contributed by atoms with van der Waals surface area (Å²) in [5.74, 6) is 0.384. The molecule has 118 valence electrons. The molecule has 1 aromatic heterocycles. The highest BCUT2D eigenvalue weighted by Gasteiger charge is 2.30. The molecule has 1 heterocycles. The van der Waals surface area contributed by atoms with Crippen LogP contribution in [-0.4, -0.2) is 40.6 Å². The number of hydrogen-bond donors (Lipinski definition) is 2. The molecule has 1 atom stereocenters. The lowest BCUT2D eigenvalue weighted by Crippen LogP contribution is -2.30. The van der Waals surface area contributed by atoms with E-state index in [0.717, 1.165) is 24.2 Å². The first-order valence-electron chi connectivity index (χ1n) is 7.16. The number of pyridine rings is 1. The molecule has 0 radical (unpaired) electrons. The Kier molecular flexibility index (Phi) is 6.58. The van der Waals surface area contributed by atoms with Crippen LogP contribution in [0.4, 0.5) is 0 Å². The van der Waals surface area contributed by atoms with Crippen LogP contribution in [-0.2, 0) is 6.54 Å². The van der Waals surface area contributed by atoms with E-state index >= 15 is 0 Å². The molecular weight excluding hydrogens is 290 g/mol. The Balaban J connectivity index is 0.00000220. The van der Waals surface area contributed by atoms with Gasteiger partial charge in [0, 0.05) is 26.1 Å². The van der Waals surface area contributed by atoms with Gasteiger partial charge in [0.1, 0.15) is 0 Å². The van der Waals surface area contributed by atoms with E-state index in [-0.39, 0.29) is 18.3 Å². The van der Waals surface area contributed by atoms with Crippen LogP contribution in [0.1, 0.15) is 53.8 Å². The Hall–Kier alpha value is -1.17. The van der Waals surface area contributed by atoms with Crippen LogP contribution in [0.25, 0.3) is 0 Å². The smallest absolute Gasteiger partial charge is 0.255 e. The van der Waals surface area contributed by atoms with Crippen molar-refractivity contribution in [3.63, 3.8) is 0 Å². The Labute approximate surface area is 132 Å². The molecule has 6 heteroatoms. The monoisotopic (exact) mass is 313 g/mol. The SMILES string of the molecule is CC(O)CCN(C)C(=O)c1ccc(CN)nc1C1CC1.Cl. The van der Waals surface area contributed by atoms with E-state index in [1.54, 1.807) is 18.9 Å². The lowest BCUT2D eigenvalue weighted by molar-refractivity contribution is 0.0767. The third-order valence-electron chi connectivity index (χ3n) is 3.61. The van der Waals surface area contributed by atoms with Gasteiger partial charge in [-0.3, -0.25) is 9.78 Å². The molecule has 21 heavy (non-hydrogen) atoms. The summed E-state index contributed by atoms with van der Waals surface area (Å²) in [6, 6.07) is 3.66. The van der Waals surface area contributed by atoms with Crippen LogP contribution in [0.2, 0.25) is 0 Å². The van der Waals surface area contributed by atoms with E-state index in [0.29, 0.717) is 31.0 Å². The van der Waals surface area contributed by atoms with Gasteiger partial charge in [-0.05, 0) is 38.3 Å². The Morgan fingerprint density at radius 2 is 2.19 bits per heavy atom. The number of amides is 1. The molecule has 0 aliphatic heterocycles. The van der Waals surface area contributed by atoms with Crippen molar-refractivity contribution >= 4 is 18.3 Å². The normalized spacial score (nSPS) is 15.2. The molecule has 1 aliphatic rings. The third kappa shape index (κ3) is 4.66. The number of carbonyl (C=O) groups excluding carboxylic acids is 1. The zero-order valence-electron chi connectivity index (χ0n) is 12.6. The maximum Gasteiger partial charge on any atom is 0.255 e. The predicted octanol–water partition coefficient (Wildman–Crippen LogP) is 1.68. The summed E-state index contributed by atoms with van der Waals surface area (Å²) in [4.78, 5) is 18.7. The first kappa shape index (κ1) is 17.9. The minimum Gasteiger partial charge on any atom is -0.393 e. The van der Waals surface area contributed by atoms with Gasteiger partial charge in [0.2, 0.25) is 0 Å². The molecule has 1 aliphatic carbocycles.